The molecule has 0 bridgehead atoms. The Morgan fingerprint density at radius 3 is 2.86 bits per heavy atom. The first-order chi connectivity index (χ1) is 9.95. The normalized spacial score (nSPS) is 26.6. The molecule has 118 valence electrons. The first-order valence-corrected chi connectivity index (χ1v) is 7.08. The molecule has 0 spiro atoms. The van der Waals surface area contributed by atoms with Crippen LogP contribution in [0, 0.1) is 0 Å². The predicted octanol–water partition coefficient (Wildman–Crippen LogP) is -0.508. The number of urea groups is 1. The number of hydrogen-bond donors (Lipinski definition) is 2. The number of morpholine rings is 1. The lowest BCUT2D eigenvalue weighted by Crippen LogP contribution is -2.55. The summed E-state index contributed by atoms with van der Waals surface area (Å²) in [6, 6.07) is -0.276. The van der Waals surface area contributed by atoms with Crippen molar-refractivity contribution in [3.63, 3.8) is 0 Å². The largest absolute Gasteiger partial charge is 0.481 e. The molecule has 2 aliphatic heterocycles. The molecule has 8 nitrogen and oxygen atoms in total. The van der Waals surface area contributed by atoms with Crippen molar-refractivity contribution in [1.82, 2.24) is 15.1 Å². The summed E-state index contributed by atoms with van der Waals surface area (Å²) >= 11 is 0. The fourth-order valence-electron chi connectivity index (χ4n) is 2.62. The van der Waals surface area contributed by atoms with Gasteiger partial charge in [-0.3, -0.25) is 9.59 Å². The highest BCUT2D eigenvalue weighted by atomic mass is 16.5. The molecular weight excluding hydrogens is 278 g/mol. The predicted molar refractivity (Wildman–Crippen MR) is 72.8 cm³/mol. The smallest absolute Gasteiger partial charge is 0.317 e. The first kappa shape index (κ1) is 15.6. The van der Waals surface area contributed by atoms with Gasteiger partial charge in [-0.05, 0) is 6.42 Å². The number of ether oxygens (including phenoxy) is 1. The van der Waals surface area contributed by atoms with E-state index in [-0.39, 0.29) is 30.9 Å². The zero-order chi connectivity index (χ0) is 15.4. The maximum absolute atomic E-state index is 12.2. The molecular formula is C13H21N3O5. The van der Waals surface area contributed by atoms with E-state index in [0.29, 0.717) is 32.5 Å². The average Bonchev–Trinajstić information content (AvgIpc) is 2.42. The summed E-state index contributed by atoms with van der Waals surface area (Å²) in [5, 5.41) is 11.7. The molecule has 2 atom stereocenters. The Kier molecular flexibility index (Phi) is 5.00. The lowest BCUT2D eigenvalue weighted by molar-refractivity contribution is -0.141. The summed E-state index contributed by atoms with van der Waals surface area (Å²) in [4.78, 5) is 37.5. The summed E-state index contributed by atoms with van der Waals surface area (Å²) in [7, 11) is 1.72. The molecule has 0 aromatic rings. The van der Waals surface area contributed by atoms with E-state index in [9.17, 15) is 14.4 Å². The zero-order valence-electron chi connectivity index (χ0n) is 12.1. The van der Waals surface area contributed by atoms with Gasteiger partial charge in [0.2, 0.25) is 5.91 Å². The third-order valence-corrected chi connectivity index (χ3v) is 3.78. The lowest BCUT2D eigenvalue weighted by Gasteiger charge is -2.35. The maximum Gasteiger partial charge on any atom is 0.317 e. The van der Waals surface area contributed by atoms with Crippen molar-refractivity contribution in [2.24, 2.45) is 0 Å². The highest BCUT2D eigenvalue weighted by Crippen LogP contribution is 2.12. The van der Waals surface area contributed by atoms with Gasteiger partial charge >= 0.3 is 12.0 Å². The number of likely N-dealkylation sites (N-methyl/N-ethyl adjacent to an activating group) is 1. The molecule has 0 saturated carbocycles. The minimum Gasteiger partial charge on any atom is -0.481 e. The molecule has 2 rings (SSSR count). The van der Waals surface area contributed by atoms with Crippen molar-refractivity contribution in [1.29, 1.82) is 0 Å². The molecule has 0 aromatic carbocycles. The van der Waals surface area contributed by atoms with Gasteiger partial charge in [0.1, 0.15) is 0 Å². The molecule has 21 heavy (non-hydrogen) atoms. The SMILES string of the molecule is CN1CC(NC(=O)N2CCOC(CC(=O)O)C2)CCC1=O. The van der Waals surface area contributed by atoms with Gasteiger partial charge in [0, 0.05) is 39.1 Å². The van der Waals surface area contributed by atoms with Gasteiger partial charge in [0.15, 0.2) is 0 Å². The van der Waals surface area contributed by atoms with Crippen LogP contribution in [0.15, 0.2) is 0 Å². The minimum absolute atomic E-state index is 0.0547. The van der Waals surface area contributed by atoms with E-state index >= 15 is 0 Å². The van der Waals surface area contributed by atoms with Crippen molar-refractivity contribution in [3.05, 3.63) is 0 Å². The standard InChI is InChI=1S/C13H21N3O5/c1-15-7-9(2-3-11(15)17)14-13(20)16-4-5-21-10(8-16)6-12(18)19/h9-10H,2-8H2,1H3,(H,14,20)(H,18,19). The molecule has 8 heteroatoms. The molecule has 3 amide bonds. The minimum atomic E-state index is -0.935. The summed E-state index contributed by atoms with van der Waals surface area (Å²) in [5.74, 6) is -0.844. The molecule has 2 N–H and O–H groups in total. The summed E-state index contributed by atoms with van der Waals surface area (Å²) < 4.78 is 5.33. The molecule has 0 aromatic heterocycles. The van der Waals surface area contributed by atoms with Gasteiger partial charge in [-0.2, -0.15) is 0 Å². The second-order valence-electron chi connectivity index (χ2n) is 5.50. The molecule has 0 aliphatic carbocycles. The van der Waals surface area contributed by atoms with Gasteiger partial charge in [-0.25, -0.2) is 4.79 Å². The van der Waals surface area contributed by atoms with E-state index in [1.54, 1.807) is 16.8 Å². The molecule has 2 heterocycles. The van der Waals surface area contributed by atoms with Crippen molar-refractivity contribution in [3.8, 4) is 0 Å². The highest BCUT2D eigenvalue weighted by Gasteiger charge is 2.29. The first-order valence-electron chi connectivity index (χ1n) is 7.08. The van der Waals surface area contributed by atoms with Crippen molar-refractivity contribution < 1.29 is 24.2 Å². The Morgan fingerprint density at radius 1 is 1.43 bits per heavy atom. The van der Waals surface area contributed by atoms with E-state index in [1.165, 1.54) is 0 Å². The Labute approximate surface area is 123 Å². The van der Waals surface area contributed by atoms with Crippen molar-refractivity contribution in [2.45, 2.75) is 31.4 Å². The average molecular weight is 299 g/mol. The van der Waals surface area contributed by atoms with E-state index in [1.807, 2.05) is 0 Å². The van der Waals surface area contributed by atoms with Crippen LogP contribution in [0.25, 0.3) is 0 Å². The number of piperidine rings is 1. The Morgan fingerprint density at radius 2 is 2.19 bits per heavy atom. The van der Waals surface area contributed by atoms with Crippen LogP contribution in [-0.4, -0.2) is 78.2 Å². The van der Waals surface area contributed by atoms with Crippen molar-refractivity contribution >= 4 is 17.9 Å². The number of aliphatic carboxylic acids is 1. The topological polar surface area (TPSA) is 99.2 Å². The van der Waals surface area contributed by atoms with Gasteiger partial charge < -0.3 is 25.0 Å². The van der Waals surface area contributed by atoms with Gasteiger partial charge in [0.25, 0.3) is 0 Å². The van der Waals surface area contributed by atoms with E-state index in [2.05, 4.69) is 5.32 Å². The van der Waals surface area contributed by atoms with Crippen LogP contribution >= 0.6 is 0 Å². The van der Waals surface area contributed by atoms with Crippen LogP contribution < -0.4 is 5.32 Å². The number of carbonyl (C=O) groups is 3. The monoisotopic (exact) mass is 299 g/mol. The van der Waals surface area contributed by atoms with Gasteiger partial charge in [-0.1, -0.05) is 0 Å². The molecule has 2 aliphatic rings. The number of carboxylic acid groups (broad SMARTS) is 1. The Balaban J connectivity index is 1.82. The Bertz CT molecular complexity index is 428. The molecule has 2 fully saturated rings. The molecule has 2 unspecified atom stereocenters. The number of carboxylic acids is 1. The Hall–Kier alpha value is -1.83. The third-order valence-electron chi connectivity index (χ3n) is 3.78. The number of hydrogen-bond acceptors (Lipinski definition) is 4. The number of carbonyl (C=O) groups excluding carboxylic acids is 2. The van der Waals surface area contributed by atoms with Crippen LogP contribution in [0.5, 0.6) is 0 Å². The second kappa shape index (κ2) is 6.75. The number of nitrogens with zero attached hydrogens (tertiary/aromatic N) is 2. The second-order valence-corrected chi connectivity index (χ2v) is 5.50. The molecule has 2 saturated heterocycles. The van der Waals surface area contributed by atoms with E-state index in [0.717, 1.165) is 0 Å². The van der Waals surface area contributed by atoms with Crippen LogP contribution in [0.2, 0.25) is 0 Å². The lowest BCUT2D eigenvalue weighted by atomic mass is 10.1. The summed E-state index contributed by atoms with van der Waals surface area (Å²) in [6.45, 7) is 1.57. The van der Waals surface area contributed by atoms with Crippen LogP contribution in [0.1, 0.15) is 19.3 Å². The van der Waals surface area contributed by atoms with E-state index in [4.69, 9.17) is 9.84 Å². The third kappa shape index (κ3) is 4.32. The van der Waals surface area contributed by atoms with E-state index < -0.39 is 12.1 Å². The number of rotatable bonds is 3. The van der Waals surface area contributed by atoms with Crippen LogP contribution in [0.4, 0.5) is 4.79 Å². The van der Waals surface area contributed by atoms with Crippen LogP contribution in [0.3, 0.4) is 0 Å². The number of nitrogens with one attached hydrogen (secondary N) is 1. The quantitative estimate of drug-likeness (QED) is 0.731. The number of amides is 3. The summed E-state index contributed by atoms with van der Waals surface area (Å²) in [5.41, 5.74) is 0. The van der Waals surface area contributed by atoms with Gasteiger partial charge in [-0.15, -0.1) is 0 Å². The zero-order valence-corrected chi connectivity index (χ0v) is 12.1. The number of likely N-dealkylation sites (tertiary alicyclic amines) is 1. The maximum atomic E-state index is 12.2. The molecule has 0 radical (unpaired) electrons. The highest BCUT2D eigenvalue weighted by molar-refractivity contribution is 5.78. The van der Waals surface area contributed by atoms with Crippen LogP contribution in [-0.2, 0) is 14.3 Å². The fraction of sp³-hybridized carbons (Fsp3) is 0.769. The fourth-order valence-corrected chi connectivity index (χ4v) is 2.62. The van der Waals surface area contributed by atoms with Gasteiger partial charge in [0.05, 0.1) is 19.1 Å². The summed E-state index contributed by atoms with van der Waals surface area (Å²) in [6.07, 6.45) is 0.506. The van der Waals surface area contributed by atoms with Crippen molar-refractivity contribution in [2.75, 3.05) is 33.3 Å².